The third-order valence-corrected chi connectivity index (χ3v) is 14.7. The lowest BCUT2D eigenvalue weighted by atomic mass is 9.97. The monoisotopic (exact) mass is 858 g/mol. The maximum absolute atomic E-state index is 6.89. The van der Waals surface area contributed by atoms with E-state index in [4.69, 9.17) is 4.42 Å². The van der Waals surface area contributed by atoms with E-state index in [0.717, 1.165) is 61.4 Å². The van der Waals surface area contributed by atoms with Crippen molar-refractivity contribution >= 4 is 114 Å². The Morgan fingerprint density at radius 3 is 1.89 bits per heavy atom. The molecular formula is C62H38N2OS. The van der Waals surface area contributed by atoms with Crippen molar-refractivity contribution in [1.29, 1.82) is 0 Å². The molecule has 0 aliphatic heterocycles. The molecule has 3 aromatic heterocycles. The molecule has 14 aromatic rings. The summed E-state index contributed by atoms with van der Waals surface area (Å²) in [5.41, 5.74) is 12.9. The van der Waals surface area contributed by atoms with E-state index in [2.05, 4.69) is 240 Å². The number of para-hydroxylation sites is 3. The number of aromatic nitrogens is 1. The van der Waals surface area contributed by atoms with Crippen molar-refractivity contribution in [2.24, 2.45) is 0 Å². The minimum atomic E-state index is 0.867. The second-order valence-corrected chi connectivity index (χ2v) is 18.3. The SMILES string of the molecule is c1cc(-c2ccc3sc4ccccc4c3c2)cc(N(c2cc(-c3cccc(-n4c5ccccc5c5ccccc54)c3)c3oc4ccccc4c3c2)c2cccc3c2ccc2ccccc23)c1. The van der Waals surface area contributed by atoms with Crippen LogP contribution in [0, 0.1) is 0 Å². The Hall–Kier alpha value is -8.44. The van der Waals surface area contributed by atoms with Gasteiger partial charge in [-0.25, -0.2) is 0 Å². The van der Waals surface area contributed by atoms with E-state index in [9.17, 15) is 0 Å². The second kappa shape index (κ2) is 14.5. The number of nitrogens with zero attached hydrogens (tertiary/aromatic N) is 2. The van der Waals surface area contributed by atoms with Gasteiger partial charge in [0.25, 0.3) is 0 Å². The fourth-order valence-electron chi connectivity index (χ4n) is 10.5. The van der Waals surface area contributed by atoms with E-state index >= 15 is 0 Å². The Morgan fingerprint density at radius 1 is 0.364 bits per heavy atom. The molecule has 0 bridgehead atoms. The van der Waals surface area contributed by atoms with Gasteiger partial charge in [0.15, 0.2) is 0 Å². The van der Waals surface area contributed by atoms with Gasteiger partial charge >= 0.3 is 0 Å². The summed E-state index contributed by atoms with van der Waals surface area (Å²) in [5.74, 6) is 0. The molecule has 0 fully saturated rings. The average molecular weight is 859 g/mol. The molecule has 0 radical (unpaired) electrons. The summed E-state index contributed by atoms with van der Waals surface area (Å²) in [6.07, 6.45) is 0. The molecule has 0 aliphatic rings. The predicted molar refractivity (Wildman–Crippen MR) is 282 cm³/mol. The Bertz CT molecular complexity index is 4210. The van der Waals surface area contributed by atoms with Crippen LogP contribution in [0.4, 0.5) is 17.1 Å². The van der Waals surface area contributed by atoms with Crippen LogP contribution >= 0.6 is 11.3 Å². The van der Waals surface area contributed by atoms with Crippen molar-refractivity contribution in [3.8, 4) is 27.9 Å². The van der Waals surface area contributed by atoms with Crippen LogP contribution in [-0.2, 0) is 0 Å². The lowest BCUT2D eigenvalue weighted by Gasteiger charge is -2.28. The molecule has 3 nitrogen and oxygen atoms in total. The molecule has 66 heavy (non-hydrogen) atoms. The number of rotatable bonds is 6. The first kappa shape index (κ1) is 37.0. The van der Waals surface area contributed by atoms with Gasteiger partial charge in [0.1, 0.15) is 11.2 Å². The van der Waals surface area contributed by atoms with Crippen molar-refractivity contribution in [1.82, 2.24) is 4.57 Å². The van der Waals surface area contributed by atoms with Crippen LogP contribution in [0.2, 0.25) is 0 Å². The first-order valence-electron chi connectivity index (χ1n) is 22.5. The number of thiophene rings is 1. The maximum atomic E-state index is 6.89. The van der Waals surface area contributed by atoms with Crippen LogP contribution in [-0.4, -0.2) is 4.57 Å². The highest BCUT2D eigenvalue weighted by molar-refractivity contribution is 7.25. The number of furan rings is 1. The highest BCUT2D eigenvalue weighted by atomic mass is 32.1. The van der Waals surface area contributed by atoms with Crippen molar-refractivity contribution < 1.29 is 4.42 Å². The minimum absolute atomic E-state index is 0.867. The Labute approximate surface area is 384 Å². The number of fused-ring (bicyclic) bond motifs is 12. The van der Waals surface area contributed by atoms with Crippen molar-refractivity contribution in [3.63, 3.8) is 0 Å². The maximum Gasteiger partial charge on any atom is 0.143 e. The summed E-state index contributed by atoms with van der Waals surface area (Å²) in [7, 11) is 0. The smallest absolute Gasteiger partial charge is 0.143 e. The standard InChI is InChI=1S/C62H38N2OS/c1-2-19-46-39(14-1)30-32-50-47(46)24-13-27-56(50)63(43-17-11-15-40(34-43)41-31-33-61-54(36-41)52-23-6-10-29-60(52)66-61)45-37-53(62-55(38-45)51-22-5-9-28-59(51)65-62)42-16-12-18-44(35-42)64-57-25-7-3-20-48(57)49-21-4-8-26-58(49)64/h1-38H. The topological polar surface area (TPSA) is 21.3 Å². The fourth-order valence-corrected chi connectivity index (χ4v) is 11.6. The Morgan fingerprint density at radius 2 is 1.03 bits per heavy atom. The molecule has 0 saturated carbocycles. The average Bonchev–Trinajstić information content (AvgIpc) is 4.06. The van der Waals surface area contributed by atoms with Gasteiger partial charge in [-0.15, -0.1) is 11.3 Å². The fraction of sp³-hybridized carbons (Fsp3) is 0. The first-order chi connectivity index (χ1) is 32.7. The second-order valence-electron chi connectivity index (χ2n) is 17.2. The molecular weight excluding hydrogens is 821 g/mol. The highest BCUT2D eigenvalue weighted by Crippen LogP contribution is 2.47. The lowest BCUT2D eigenvalue weighted by molar-refractivity contribution is 0.670. The number of hydrogen-bond acceptors (Lipinski definition) is 3. The zero-order valence-electron chi connectivity index (χ0n) is 35.7. The molecule has 11 aromatic carbocycles. The lowest BCUT2D eigenvalue weighted by Crippen LogP contribution is -2.11. The van der Waals surface area contributed by atoms with E-state index in [0.29, 0.717) is 0 Å². The zero-order valence-corrected chi connectivity index (χ0v) is 36.5. The summed E-state index contributed by atoms with van der Waals surface area (Å²) < 4.78 is 11.9. The van der Waals surface area contributed by atoms with E-state index in [-0.39, 0.29) is 0 Å². The van der Waals surface area contributed by atoms with Crippen LogP contribution < -0.4 is 4.90 Å². The van der Waals surface area contributed by atoms with Gasteiger partial charge < -0.3 is 13.9 Å². The Balaban J connectivity index is 1.02. The van der Waals surface area contributed by atoms with E-state index in [1.54, 1.807) is 0 Å². The van der Waals surface area contributed by atoms with Crippen molar-refractivity contribution in [2.45, 2.75) is 0 Å². The van der Waals surface area contributed by atoms with Gasteiger partial charge in [-0.2, -0.15) is 0 Å². The quantitative estimate of drug-likeness (QED) is 0.155. The molecule has 0 aliphatic carbocycles. The molecule has 0 spiro atoms. The summed E-state index contributed by atoms with van der Waals surface area (Å²) in [6.45, 7) is 0. The number of anilines is 3. The van der Waals surface area contributed by atoms with Gasteiger partial charge in [-0.05, 0) is 112 Å². The van der Waals surface area contributed by atoms with Crippen LogP contribution in [0.5, 0.6) is 0 Å². The van der Waals surface area contributed by atoms with Crippen LogP contribution in [0.15, 0.2) is 235 Å². The van der Waals surface area contributed by atoms with Crippen molar-refractivity contribution in [3.05, 3.63) is 231 Å². The van der Waals surface area contributed by atoms with Gasteiger partial charge in [-0.3, -0.25) is 0 Å². The normalized spacial score (nSPS) is 11.9. The van der Waals surface area contributed by atoms with E-state index in [1.807, 2.05) is 11.3 Å². The zero-order chi connectivity index (χ0) is 43.3. The van der Waals surface area contributed by atoms with Crippen LogP contribution in [0.25, 0.3) is 113 Å². The summed E-state index contributed by atoms with van der Waals surface area (Å²) in [4.78, 5) is 2.46. The molecule has 0 N–H and O–H groups in total. The molecule has 14 rings (SSSR count). The van der Waals surface area contributed by atoms with Gasteiger partial charge in [0, 0.05) is 69.7 Å². The molecule has 0 saturated heterocycles. The summed E-state index contributed by atoms with van der Waals surface area (Å²) in [5, 5.41) is 12.1. The number of benzene rings is 11. The third kappa shape index (κ3) is 5.69. The molecule has 0 amide bonds. The predicted octanol–water partition coefficient (Wildman–Crippen LogP) is 18.2. The third-order valence-electron chi connectivity index (χ3n) is 13.5. The van der Waals surface area contributed by atoms with Crippen LogP contribution in [0.3, 0.4) is 0 Å². The highest BCUT2D eigenvalue weighted by Gasteiger charge is 2.23. The largest absolute Gasteiger partial charge is 0.455 e. The molecule has 308 valence electrons. The van der Waals surface area contributed by atoms with E-state index < -0.39 is 0 Å². The van der Waals surface area contributed by atoms with E-state index in [1.165, 1.54) is 69.1 Å². The van der Waals surface area contributed by atoms with Gasteiger partial charge in [0.05, 0.1) is 16.7 Å². The first-order valence-corrected chi connectivity index (χ1v) is 23.3. The van der Waals surface area contributed by atoms with Gasteiger partial charge in [0.2, 0.25) is 0 Å². The molecule has 0 unspecified atom stereocenters. The summed E-state index contributed by atoms with van der Waals surface area (Å²) in [6, 6.07) is 84.2. The number of hydrogen-bond donors (Lipinski definition) is 0. The molecule has 0 atom stereocenters. The molecule has 4 heteroatoms. The molecule has 3 heterocycles. The minimum Gasteiger partial charge on any atom is -0.455 e. The van der Waals surface area contributed by atoms with Crippen LogP contribution in [0.1, 0.15) is 0 Å². The summed E-state index contributed by atoms with van der Waals surface area (Å²) >= 11 is 1.86. The van der Waals surface area contributed by atoms with Gasteiger partial charge in [-0.1, -0.05) is 152 Å². The van der Waals surface area contributed by atoms with Crippen molar-refractivity contribution in [2.75, 3.05) is 4.90 Å². The Kier molecular flexibility index (Phi) is 8.15.